The van der Waals surface area contributed by atoms with E-state index in [1.807, 2.05) is 6.92 Å². The Morgan fingerprint density at radius 2 is 1.74 bits per heavy atom. The highest BCUT2D eigenvalue weighted by Gasteiger charge is 2.32. The molecular weight excluding hydrogens is 555 g/mol. The van der Waals surface area contributed by atoms with Crippen LogP contribution in [0.2, 0.25) is 5.02 Å². The second kappa shape index (κ2) is 14.6. The van der Waals surface area contributed by atoms with Crippen molar-refractivity contribution in [2.75, 3.05) is 23.7 Å². The maximum Gasteiger partial charge on any atom is 0.416 e. The Hall–Kier alpha value is -2.79. The number of halogens is 4. The predicted molar refractivity (Wildman–Crippen MR) is 147 cm³/mol. The van der Waals surface area contributed by atoms with Crippen molar-refractivity contribution in [3.63, 3.8) is 0 Å². The average Bonchev–Trinajstić information content (AvgIpc) is 2.86. The molecule has 1 N–H and O–H groups in total. The molecule has 0 aromatic heterocycles. The number of benzene rings is 2. The molecule has 0 spiro atoms. The number of sulfonamides is 1. The Kier molecular flexibility index (Phi) is 12.1. The minimum absolute atomic E-state index is 0.0229. The number of unbranched alkanes of at least 4 members (excludes halogenated alkanes) is 1. The molecule has 1 unspecified atom stereocenters. The first kappa shape index (κ1) is 32.4. The van der Waals surface area contributed by atoms with E-state index >= 15 is 0 Å². The van der Waals surface area contributed by atoms with Gasteiger partial charge in [0, 0.05) is 31.1 Å². The van der Waals surface area contributed by atoms with Gasteiger partial charge >= 0.3 is 6.18 Å². The van der Waals surface area contributed by atoms with Crippen LogP contribution in [0.25, 0.3) is 0 Å². The van der Waals surface area contributed by atoms with Gasteiger partial charge in [-0.25, -0.2) is 8.42 Å². The lowest BCUT2D eigenvalue weighted by Gasteiger charge is -2.31. The van der Waals surface area contributed by atoms with Crippen LogP contribution in [-0.2, 0) is 32.3 Å². The lowest BCUT2D eigenvalue weighted by molar-refractivity contribution is -0.141. The fourth-order valence-corrected chi connectivity index (χ4v) is 5.23. The van der Waals surface area contributed by atoms with Crippen molar-refractivity contribution in [3.05, 3.63) is 64.7 Å². The van der Waals surface area contributed by atoms with Crippen LogP contribution in [0.1, 0.15) is 57.1 Å². The molecule has 2 rings (SSSR count). The summed E-state index contributed by atoms with van der Waals surface area (Å²) < 4.78 is 65.3. The molecule has 0 saturated carbocycles. The molecule has 2 amide bonds. The van der Waals surface area contributed by atoms with Crippen LogP contribution in [0.4, 0.5) is 18.9 Å². The summed E-state index contributed by atoms with van der Waals surface area (Å²) in [6.45, 7) is 4.11. The maximum atomic E-state index is 13.4. The minimum atomic E-state index is -4.64. The van der Waals surface area contributed by atoms with E-state index in [1.165, 1.54) is 11.0 Å². The van der Waals surface area contributed by atoms with Gasteiger partial charge in [0.1, 0.15) is 6.04 Å². The summed E-state index contributed by atoms with van der Waals surface area (Å²) in [6.07, 6.45) is -1.83. The van der Waals surface area contributed by atoms with Gasteiger partial charge in [-0.3, -0.25) is 13.9 Å². The van der Waals surface area contributed by atoms with Crippen molar-refractivity contribution in [2.24, 2.45) is 0 Å². The zero-order valence-corrected chi connectivity index (χ0v) is 23.9. The molecule has 0 bridgehead atoms. The van der Waals surface area contributed by atoms with E-state index in [4.69, 9.17) is 11.6 Å². The van der Waals surface area contributed by atoms with Crippen molar-refractivity contribution in [1.82, 2.24) is 10.2 Å². The van der Waals surface area contributed by atoms with Crippen molar-refractivity contribution in [2.45, 2.75) is 64.7 Å². The molecule has 2 aromatic rings. The van der Waals surface area contributed by atoms with E-state index in [2.05, 4.69) is 5.32 Å². The third-order valence-corrected chi connectivity index (χ3v) is 7.69. The van der Waals surface area contributed by atoms with Gasteiger partial charge in [0.15, 0.2) is 0 Å². The number of carbonyl (C=O) groups excluding carboxylic acids is 2. The van der Waals surface area contributed by atoms with Crippen LogP contribution >= 0.6 is 11.6 Å². The topological polar surface area (TPSA) is 86.8 Å². The molecule has 39 heavy (non-hydrogen) atoms. The number of anilines is 1. The van der Waals surface area contributed by atoms with Gasteiger partial charge in [0.05, 0.1) is 17.5 Å². The number of alkyl halides is 3. The molecule has 0 heterocycles. The minimum Gasteiger partial charge on any atom is -0.354 e. The number of amides is 2. The van der Waals surface area contributed by atoms with E-state index in [0.717, 1.165) is 41.6 Å². The monoisotopic (exact) mass is 589 g/mol. The van der Waals surface area contributed by atoms with E-state index < -0.39 is 33.7 Å². The van der Waals surface area contributed by atoms with E-state index in [9.17, 15) is 31.2 Å². The van der Waals surface area contributed by atoms with Gasteiger partial charge in [-0.15, -0.1) is 0 Å². The Morgan fingerprint density at radius 3 is 2.33 bits per heavy atom. The largest absolute Gasteiger partial charge is 0.416 e. The van der Waals surface area contributed by atoms with Crippen LogP contribution in [0.3, 0.4) is 0 Å². The van der Waals surface area contributed by atoms with Crippen LogP contribution in [0.15, 0.2) is 48.5 Å². The smallest absolute Gasteiger partial charge is 0.354 e. The Labute approximate surface area is 233 Å². The van der Waals surface area contributed by atoms with E-state index in [1.54, 1.807) is 31.2 Å². The lowest BCUT2D eigenvalue weighted by atomic mass is 10.1. The molecule has 2 aromatic carbocycles. The highest BCUT2D eigenvalue weighted by atomic mass is 35.5. The van der Waals surface area contributed by atoms with E-state index in [0.29, 0.717) is 23.6 Å². The van der Waals surface area contributed by atoms with Crippen LogP contribution in [0.5, 0.6) is 0 Å². The van der Waals surface area contributed by atoms with Crippen LogP contribution in [0, 0.1) is 0 Å². The fraction of sp³-hybridized carbons (Fsp3) is 0.481. The Morgan fingerprint density at radius 1 is 1.05 bits per heavy atom. The Balaban J connectivity index is 2.25. The molecule has 0 saturated heterocycles. The molecule has 216 valence electrons. The number of nitrogens with one attached hydrogen (secondary N) is 1. The first-order valence-electron chi connectivity index (χ1n) is 12.7. The maximum absolute atomic E-state index is 13.4. The first-order chi connectivity index (χ1) is 18.3. The molecule has 0 aliphatic heterocycles. The molecule has 7 nitrogen and oxygen atoms in total. The SMILES string of the molecule is CCCCNC(=O)C(CC)N(Cc1ccccc1Cl)C(=O)CCCN(c1cccc(C(F)(F)F)c1)S(C)(=O)=O. The van der Waals surface area contributed by atoms with Crippen LogP contribution in [-0.4, -0.2) is 50.5 Å². The Bertz CT molecular complexity index is 1220. The predicted octanol–water partition coefficient (Wildman–Crippen LogP) is 5.63. The first-order valence-corrected chi connectivity index (χ1v) is 15.0. The second-order valence-electron chi connectivity index (χ2n) is 9.17. The van der Waals surface area contributed by atoms with Crippen molar-refractivity contribution >= 4 is 39.1 Å². The highest BCUT2D eigenvalue weighted by Crippen LogP contribution is 2.32. The number of hydrogen-bond donors (Lipinski definition) is 1. The zero-order chi connectivity index (χ0) is 29.2. The lowest BCUT2D eigenvalue weighted by Crippen LogP contribution is -2.49. The van der Waals surface area contributed by atoms with E-state index in [-0.39, 0.29) is 37.5 Å². The number of hydrogen-bond acceptors (Lipinski definition) is 4. The second-order valence-corrected chi connectivity index (χ2v) is 11.5. The third-order valence-electron chi connectivity index (χ3n) is 6.13. The molecule has 12 heteroatoms. The molecular formula is C27H35ClF3N3O4S. The molecule has 1 atom stereocenters. The quantitative estimate of drug-likeness (QED) is 0.289. The summed E-state index contributed by atoms with van der Waals surface area (Å²) >= 11 is 6.32. The van der Waals surface area contributed by atoms with Gasteiger partial charge in [0.25, 0.3) is 0 Å². The van der Waals surface area contributed by atoms with Crippen LogP contribution < -0.4 is 9.62 Å². The molecule has 0 fully saturated rings. The summed E-state index contributed by atoms with van der Waals surface area (Å²) in [7, 11) is -3.94. The summed E-state index contributed by atoms with van der Waals surface area (Å²) in [4.78, 5) is 27.8. The van der Waals surface area contributed by atoms with Gasteiger partial charge in [0.2, 0.25) is 21.8 Å². The third kappa shape index (κ3) is 9.72. The molecule has 0 radical (unpaired) electrons. The average molecular weight is 590 g/mol. The number of rotatable bonds is 14. The molecule has 0 aliphatic carbocycles. The van der Waals surface area contributed by atoms with Crippen molar-refractivity contribution in [1.29, 1.82) is 0 Å². The summed E-state index contributed by atoms with van der Waals surface area (Å²) in [5.41, 5.74) is -0.473. The van der Waals surface area contributed by atoms with Gasteiger partial charge in [-0.1, -0.05) is 56.1 Å². The highest BCUT2D eigenvalue weighted by molar-refractivity contribution is 7.92. The van der Waals surface area contributed by atoms with Gasteiger partial charge < -0.3 is 10.2 Å². The van der Waals surface area contributed by atoms with Crippen molar-refractivity contribution < 1.29 is 31.2 Å². The fourth-order valence-electron chi connectivity index (χ4n) is 4.08. The molecule has 0 aliphatic rings. The normalized spacial score (nSPS) is 12.6. The summed E-state index contributed by atoms with van der Waals surface area (Å²) in [5, 5.41) is 3.29. The number of nitrogens with zero attached hydrogens (tertiary/aromatic N) is 2. The standard InChI is InChI=1S/C27H35ClF3N3O4S/c1-4-6-16-32-26(36)24(5-2)33(19-20-11-7-8-14-23(20)28)25(35)15-10-17-34(39(3,37)38)22-13-9-12-21(18-22)27(29,30)31/h7-9,11-14,18,24H,4-6,10,15-17,19H2,1-3H3,(H,32,36). The summed E-state index contributed by atoms with van der Waals surface area (Å²) in [6, 6.07) is 10.2. The number of carbonyl (C=O) groups is 2. The summed E-state index contributed by atoms with van der Waals surface area (Å²) in [5.74, 6) is -0.696. The van der Waals surface area contributed by atoms with Gasteiger partial charge in [-0.05, 0) is 49.1 Å². The van der Waals surface area contributed by atoms with Gasteiger partial charge in [-0.2, -0.15) is 13.2 Å². The zero-order valence-electron chi connectivity index (χ0n) is 22.3. The van der Waals surface area contributed by atoms with Crippen molar-refractivity contribution in [3.8, 4) is 0 Å².